The van der Waals surface area contributed by atoms with Crippen LogP contribution in [0, 0.1) is 0 Å². The van der Waals surface area contributed by atoms with E-state index < -0.39 is 0 Å². The van der Waals surface area contributed by atoms with E-state index in [0.717, 1.165) is 31.7 Å². The Bertz CT molecular complexity index is 813. The first-order chi connectivity index (χ1) is 12.2. The highest BCUT2D eigenvalue weighted by Gasteiger charge is 2.02. The Hall–Kier alpha value is -2.38. The average molecular weight is 375 g/mol. The molecule has 0 bridgehead atoms. The summed E-state index contributed by atoms with van der Waals surface area (Å²) >= 11 is 11.1. The lowest BCUT2D eigenvalue weighted by molar-refractivity contribution is 0.574. The molecule has 2 aromatic heterocycles. The summed E-state index contributed by atoms with van der Waals surface area (Å²) in [6, 6.07) is 10.2. The molecule has 2 N–H and O–H groups in total. The highest BCUT2D eigenvalue weighted by atomic mass is 35.5. The van der Waals surface area contributed by atoms with Crippen molar-refractivity contribution in [1.82, 2.24) is 24.9 Å². The number of nitrogens with zero attached hydrogens (tertiary/aromatic N) is 4. The van der Waals surface area contributed by atoms with Crippen LogP contribution in [0.25, 0.3) is 0 Å². The molecule has 0 amide bonds. The summed E-state index contributed by atoms with van der Waals surface area (Å²) in [6.45, 7) is 2.27. The predicted octanol–water partition coefficient (Wildman–Crippen LogP) is 3.16. The second-order valence-electron chi connectivity index (χ2n) is 5.57. The molecule has 25 heavy (non-hydrogen) atoms. The van der Waals surface area contributed by atoms with E-state index in [-0.39, 0.29) is 0 Å². The van der Waals surface area contributed by atoms with E-state index in [9.17, 15) is 0 Å². The van der Waals surface area contributed by atoms with Crippen molar-refractivity contribution >= 4 is 34.6 Å². The molecular weight excluding hydrogens is 356 g/mol. The number of aryl methyl sites for hydroxylation is 1. The van der Waals surface area contributed by atoms with Crippen molar-refractivity contribution < 1.29 is 0 Å². The normalized spacial score (nSPS) is 10.6. The van der Waals surface area contributed by atoms with E-state index in [1.165, 1.54) is 5.56 Å². The monoisotopic (exact) mass is 374 g/mol. The number of aromatic nitrogens is 4. The fourth-order valence-electron chi connectivity index (χ4n) is 2.36. The Morgan fingerprint density at radius 1 is 1.08 bits per heavy atom. The summed E-state index contributed by atoms with van der Waals surface area (Å²) in [7, 11) is 0. The van der Waals surface area contributed by atoms with Crippen molar-refractivity contribution in [2.45, 2.75) is 19.5 Å². The van der Waals surface area contributed by atoms with E-state index in [4.69, 9.17) is 23.8 Å². The molecule has 0 atom stereocenters. The van der Waals surface area contributed by atoms with Gasteiger partial charge in [-0.1, -0.05) is 41.9 Å². The molecule has 0 fully saturated rings. The molecule has 130 valence electrons. The first kappa shape index (κ1) is 17.4. The van der Waals surface area contributed by atoms with Gasteiger partial charge in [-0.05, 0) is 24.2 Å². The zero-order valence-electron chi connectivity index (χ0n) is 13.6. The molecule has 0 saturated carbocycles. The molecule has 0 saturated heterocycles. The van der Waals surface area contributed by atoms with Crippen molar-refractivity contribution in [2.75, 3.05) is 11.9 Å². The number of rotatable bonds is 7. The molecule has 3 aromatic rings. The fourth-order valence-corrected chi connectivity index (χ4v) is 2.74. The zero-order chi connectivity index (χ0) is 17.5. The van der Waals surface area contributed by atoms with Crippen LogP contribution in [0.3, 0.4) is 0 Å². The number of benzene rings is 1. The van der Waals surface area contributed by atoms with Crippen molar-refractivity contribution in [2.24, 2.45) is 0 Å². The van der Waals surface area contributed by atoms with Crippen LogP contribution in [0.2, 0.25) is 5.02 Å². The summed E-state index contributed by atoms with van der Waals surface area (Å²) in [5.74, 6) is 0. The highest BCUT2D eigenvalue weighted by molar-refractivity contribution is 7.80. The molecule has 0 spiro atoms. The topological polar surface area (TPSA) is 59.7 Å². The van der Waals surface area contributed by atoms with Gasteiger partial charge >= 0.3 is 0 Å². The highest BCUT2D eigenvalue weighted by Crippen LogP contribution is 2.08. The predicted molar refractivity (Wildman–Crippen MR) is 104 cm³/mol. The van der Waals surface area contributed by atoms with Gasteiger partial charge in [0.05, 0.1) is 29.6 Å². The van der Waals surface area contributed by atoms with Crippen molar-refractivity contribution in [3.63, 3.8) is 0 Å². The quantitative estimate of drug-likeness (QED) is 0.491. The third-order valence-corrected chi connectivity index (χ3v) is 3.97. The minimum atomic E-state index is 0.581. The minimum absolute atomic E-state index is 0.581. The third-order valence-electron chi connectivity index (χ3n) is 3.53. The standard InChI is InChI=1S/C17H19ClN6S/c18-15-9-20-23(12-15)8-4-7-19-17(25)22-16-10-21-24(13-16)11-14-5-2-1-3-6-14/h1-3,5-6,9-10,12-13H,4,7-8,11H2,(H2,19,22,25). The van der Waals surface area contributed by atoms with E-state index in [1.54, 1.807) is 18.6 Å². The summed E-state index contributed by atoms with van der Waals surface area (Å²) in [5, 5.41) is 16.0. The van der Waals surface area contributed by atoms with Crippen molar-refractivity contribution in [1.29, 1.82) is 0 Å². The van der Waals surface area contributed by atoms with Gasteiger partial charge in [0, 0.05) is 25.5 Å². The summed E-state index contributed by atoms with van der Waals surface area (Å²) < 4.78 is 3.69. The summed E-state index contributed by atoms with van der Waals surface area (Å²) in [4.78, 5) is 0. The Morgan fingerprint density at radius 3 is 2.64 bits per heavy atom. The number of thiocarbonyl (C=S) groups is 1. The number of hydrogen-bond acceptors (Lipinski definition) is 3. The number of nitrogens with one attached hydrogen (secondary N) is 2. The second-order valence-corrected chi connectivity index (χ2v) is 6.41. The summed E-state index contributed by atoms with van der Waals surface area (Å²) in [5.41, 5.74) is 2.07. The van der Waals surface area contributed by atoms with E-state index >= 15 is 0 Å². The minimum Gasteiger partial charge on any atom is -0.362 e. The molecule has 0 aliphatic rings. The molecule has 8 heteroatoms. The van der Waals surface area contributed by atoms with Crippen LogP contribution in [0.4, 0.5) is 5.69 Å². The average Bonchev–Trinajstić information content (AvgIpc) is 3.21. The van der Waals surface area contributed by atoms with Gasteiger partial charge in [0.15, 0.2) is 5.11 Å². The largest absolute Gasteiger partial charge is 0.362 e. The van der Waals surface area contributed by atoms with Gasteiger partial charge in [-0.3, -0.25) is 9.36 Å². The summed E-state index contributed by atoms with van der Waals surface area (Å²) in [6.07, 6.45) is 8.04. The van der Waals surface area contributed by atoms with Gasteiger partial charge in [0.1, 0.15) is 0 Å². The lowest BCUT2D eigenvalue weighted by Crippen LogP contribution is -2.29. The lowest BCUT2D eigenvalue weighted by atomic mass is 10.2. The molecular formula is C17H19ClN6S. The molecule has 6 nitrogen and oxygen atoms in total. The first-order valence-corrected chi connectivity index (χ1v) is 8.77. The van der Waals surface area contributed by atoms with Crippen molar-refractivity contribution in [3.8, 4) is 0 Å². The van der Waals surface area contributed by atoms with Gasteiger partial charge in [-0.25, -0.2) is 0 Å². The Morgan fingerprint density at radius 2 is 1.88 bits per heavy atom. The maximum absolute atomic E-state index is 5.83. The van der Waals surface area contributed by atoms with E-state index in [1.807, 2.05) is 33.8 Å². The van der Waals surface area contributed by atoms with Crippen LogP contribution in [0.5, 0.6) is 0 Å². The maximum Gasteiger partial charge on any atom is 0.170 e. The lowest BCUT2D eigenvalue weighted by Gasteiger charge is -2.08. The van der Waals surface area contributed by atoms with Crippen LogP contribution in [0.1, 0.15) is 12.0 Å². The fraction of sp³-hybridized carbons (Fsp3) is 0.235. The van der Waals surface area contributed by atoms with E-state index in [0.29, 0.717) is 10.1 Å². The molecule has 2 heterocycles. The number of anilines is 1. The molecule has 0 radical (unpaired) electrons. The first-order valence-electron chi connectivity index (χ1n) is 7.98. The van der Waals surface area contributed by atoms with Crippen LogP contribution in [-0.4, -0.2) is 31.2 Å². The van der Waals surface area contributed by atoms with Crippen LogP contribution in [0.15, 0.2) is 55.1 Å². The van der Waals surface area contributed by atoms with Crippen LogP contribution in [-0.2, 0) is 13.1 Å². The maximum atomic E-state index is 5.83. The molecule has 0 unspecified atom stereocenters. The number of halogens is 1. The molecule has 3 rings (SSSR count). The molecule has 1 aromatic carbocycles. The zero-order valence-corrected chi connectivity index (χ0v) is 15.2. The molecule has 0 aliphatic heterocycles. The van der Waals surface area contributed by atoms with Gasteiger partial charge in [-0.2, -0.15) is 10.2 Å². The number of hydrogen-bond donors (Lipinski definition) is 2. The third kappa shape index (κ3) is 5.58. The van der Waals surface area contributed by atoms with Crippen molar-refractivity contribution in [3.05, 3.63) is 65.7 Å². The van der Waals surface area contributed by atoms with Crippen LogP contribution >= 0.6 is 23.8 Å². The van der Waals surface area contributed by atoms with Gasteiger partial charge in [0.25, 0.3) is 0 Å². The Kier molecular flexibility index (Phi) is 6.03. The van der Waals surface area contributed by atoms with Crippen LogP contribution < -0.4 is 10.6 Å². The SMILES string of the molecule is S=C(NCCCn1cc(Cl)cn1)Nc1cnn(Cc2ccccc2)c1. The van der Waals surface area contributed by atoms with Gasteiger partial charge < -0.3 is 10.6 Å². The van der Waals surface area contributed by atoms with Gasteiger partial charge in [0.2, 0.25) is 0 Å². The molecule has 0 aliphatic carbocycles. The van der Waals surface area contributed by atoms with Gasteiger partial charge in [-0.15, -0.1) is 0 Å². The van der Waals surface area contributed by atoms with E-state index in [2.05, 4.69) is 33.0 Å². The second kappa shape index (κ2) is 8.64. The smallest absolute Gasteiger partial charge is 0.170 e. The Labute approximate surface area is 156 Å². The Balaban J connectivity index is 1.39.